The highest BCUT2D eigenvalue weighted by Crippen LogP contribution is 2.22. The van der Waals surface area contributed by atoms with Gasteiger partial charge >= 0.3 is 0 Å². The normalized spacial score (nSPS) is 12.6. The maximum absolute atomic E-state index is 12.1. The van der Waals surface area contributed by atoms with E-state index in [-0.39, 0.29) is 17.3 Å². The van der Waals surface area contributed by atoms with Gasteiger partial charge in [0.15, 0.2) is 0 Å². The van der Waals surface area contributed by atoms with Gasteiger partial charge in [-0.25, -0.2) is 13.1 Å². The number of aliphatic hydroxyl groups excluding tert-OH is 2. The summed E-state index contributed by atoms with van der Waals surface area (Å²) in [5.41, 5.74) is 1.08. The Morgan fingerprint density at radius 1 is 0.882 bits per heavy atom. The highest BCUT2D eigenvalue weighted by molar-refractivity contribution is 7.89. The van der Waals surface area contributed by atoms with E-state index in [2.05, 4.69) is 10.0 Å². The SMILES string of the molecule is O=S(=O)(NCCCCOCCCCCCNC[C@H](O)c1ccc(O)c(CO)c1)c1ccccc1. The van der Waals surface area contributed by atoms with E-state index in [9.17, 15) is 23.7 Å². The van der Waals surface area contributed by atoms with Crippen LogP contribution in [-0.4, -0.2) is 56.6 Å². The van der Waals surface area contributed by atoms with Gasteiger partial charge in [-0.3, -0.25) is 0 Å². The van der Waals surface area contributed by atoms with Crippen molar-refractivity contribution in [1.82, 2.24) is 10.0 Å². The number of hydrogen-bond donors (Lipinski definition) is 5. The van der Waals surface area contributed by atoms with E-state index in [1.165, 1.54) is 6.07 Å². The lowest BCUT2D eigenvalue weighted by Crippen LogP contribution is -2.24. The Morgan fingerprint density at radius 3 is 2.29 bits per heavy atom. The molecule has 9 heteroatoms. The third-order valence-electron chi connectivity index (χ3n) is 5.45. The molecule has 0 spiro atoms. The summed E-state index contributed by atoms with van der Waals surface area (Å²) < 4.78 is 32.4. The smallest absolute Gasteiger partial charge is 0.240 e. The molecule has 0 saturated carbocycles. The number of phenols is 1. The van der Waals surface area contributed by atoms with Crippen molar-refractivity contribution in [3.05, 3.63) is 59.7 Å². The Morgan fingerprint density at radius 2 is 1.56 bits per heavy atom. The van der Waals surface area contributed by atoms with Gasteiger partial charge in [-0.1, -0.05) is 37.1 Å². The van der Waals surface area contributed by atoms with Gasteiger partial charge < -0.3 is 25.4 Å². The predicted molar refractivity (Wildman–Crippen MR) is 132 cm³/mol. The quantitative estimate of drug-likeness (QED) is 0.202. The highest BCUT2D eigenvalue weighted by atomic mass is 32.2. The number of nitrogens with one attached hydrogen (secondary N) is 2. The highest BCUT2D eigenvalue weighted by Gasteiger charge is 2.12. The largest absolute Gasteiger partial charge is 0.508 e. The van der Waals surface area contributed by atoms with Gasteiger partial charge in [0, 0.05) is 31.9 Å². The van der Waals surface area contributed by atoms with E-state index in [4.69, 9.17) is 4.74 Å². The van der Waals surface area contributed by atoms with Crippen LogP contribution in [0.15, 0.2) is 53.4 Å². The first-order valence-corrected chi connectivity index (χ1v) is 13.4. The molecule has 0 aliphatic heterocycles. The molecule has 0 heterocycles. The molecule has 190 valence electrons. The van der Waals surface area contributed by atoms with Crippen LogP contribution in [0.4, 0.5) is 0 Å². The minimum atomic E-state index is -3.43. The number of aromatic hydroxyl groups is 1. The zero-order valence-electron chi connectivity index (χ0n) is 19.7. The molecule has 2 aromatic carbocycles. The molecular formula is C25H38N2O6S. The Hall–Kier alpha value is -2.01. The fraction of sp³-hybridized carbons (Fsp3) is 0.520. The molecule has 0 aliphatic rings. The topological polar surface area (TPSA) is 128 Å². The van der Waals surface area contributed by atoms with Crippen molar-refractivity contribution in [2.45, 2.75) is 56.1 Å². The Bertz CT molecular complexity index is 924. The molecule has 0 amide bonds. The second kappa shape index (κ2) is 15.8. The average molecular weight is 495 g/mol. The summed E-state index contributed by atoms with van der Waals surface area (Å²) in [6.45, 7) is 2.69. The van der Waals surface area contributed by atoms with Crippen LogP contribution in [-0.2, 0) is 21.4 Å². The summed E-state index contributed by atoms with van der Waals surface area (Å²) >= 11 is 0. The molecule has 0 fully saturated rings. The first-order chi connectivity index (χ1) is 16.4. The van der Waals surface area contributed by atoms with Gasteiger partial charge in [-0.2, -0.15) is 0 Å². The third kappa shape index (κ3) is 10.5. The second-order valence-corrected chi connectivity index (χ2v) is 9.98. The fourth-order valence-corrected chi connectivity index (χ4v) is 4.52. The van der Waals surface area contributed by atoms with Crippen LogP contribution in [0.25, 0.3) is 0 Å². The van der Waals surface area contributed by atoms with Crippen LogP contribution >= 0.6 is 0 Å². The van der Waals surface area contributed by atoms with E-state index in [1.54, 1.807) is 42.5 Å². The molecule has 0 aliphatic carbocycles. The van der Waals surface area contributed by atoms with Gasteiger partial charge in [0.1, 0.15) is 5.75 Å². The summed E-state index contributed by atoms with van der Waals surface area (Å²) in [5.74, 6) is 0.0293. The number of unbranched alkanes of at least 4 members (excludes halogenated alkanes) is 4. The molecule has 0 saturated heterocycles. The molecule has 1 atom stereocenters. The summed E-state index contributed by atoms with van der Waals surface area (Å²) in [7, 11) is -3.43. The third-order valence-corrected chi connectivity index (χ3v) is 6.93. The van der Waals surface area contributed by atoms with Gasteiger partial charge in [0.25, 0.3) is 0 Å². The average Bonchev–Trinajstić information content (AvgIpc) is 2.84. The molecule has 34 heavy (non-hydrogen) atoms. The van der Waals surface area contributed by atoms with Gasteiger partial charge in [-0.05, 0) is 62.1 Å². The number of aliphatic hydroxyl groups is 2. The Balaban J connectivity index is 1.40. The van der Waals surface area contributed by atoms with E-state index in [1.807, 2.05) is 0 Å². The van der Waals surface area contributed by atoms with Crippen LogP contribution in [0.2, 0.25) is 0 Å². The van der Waals surface area contributed by atoms with Gasteiger partial charge in [0.05, 0.1) is 17.6 Å². The van der Waals surface area contributed by atoms with Crippen molar-refractivity contribution in [1.29, 1.82) is 0 Å². The lowest BCUT2D eigenvalue weighted by molar-refractivity contribution is 0.126. The monoisotopic (exact) mass is 494 g/mol. The van der Waals surface area contributed by atoms with Crippen LogP contribution in [0.3, 0.4) is 0 Å². The van der Waals surface area contributed by atoms with E-state index < -0.39 is 16.1 Å². The van der Waals surface area contributed by atoms with Crippen molar-refractivity contribution in [3.63, 3.8) is 0 Å². The predicted octanol–water partition coefficient (Wildman–Crippen LogP) is 2.84. The molecule has 2 aromatic rings. The van der Waals surface area contributed by atoms with Crippen LogP contribution < -0.4 is 10.0 Å². The second-order valence-electron chi connectivity index (χ2n) is 8.21. The van der Waals surface area contributed by atoms with Crippen molar-refractivity contribution >= 4 is 10.0 Å². The van der Waals surface area contributed by atoms with Crippen molar-refractivity contribution in [3.8, 4) is 5.75 Å². The summed E-state index contributed by atoms with van der Waals surface area (Å²) in [6, 6.07) is 13.1. The van der Waals surface area contributed by atoms with Crippen molar-refractivity contribution in [2.75, 3.05) is 32.8 Å². The maximum atomic E-state index is 12.1. The summed E-state index contributed by atoms with van der Waals surface area (Å²) in [6.07, 6.45) is 4.99. The first kappa shape index (κ1) is 28.2. The lowest BCUT2D eigenvalue weighted by Gasteiger charge is -2.14. The van der Waals surface area contributed by atoms with Gasteiger partial charge in [-0.15, -0.1) is 0 Å². The number of sulfonamides is 1. The zero-order chi connectivity index (χ0) is 24.7. The number of hydrogen-bond acceptors (Lipinski definition) is 7. The van der Waals surface area contributed by atoms with E-state index >= 15 is 0 Å². The molecular weight excluding hydrogens is 456 g/mol. The molecule has 0 unspecified atom stereocenters. The minimum Gasteiger partial charge on any atom is -0.508 e. The molecule has 2 rings (SSSR count). The van der Waals surface area contributed by atoms with E-state index in [0.29, 0.717) is 37.4 Å². The molecule has 5 N–H and O–H groups in total. The Labute approximate surface area is 203 Å². The van der Waals surface area contributed by atoms with Gasteiger partial charge in [0.2, 0.25) is 10.0 Å². The molecule has 0 aromatic heterocycles. The van der Waals surface area contributed by atoms with Crippen molar-refractivity contribution < 1.29 is 28.5 Å². The lowest BCUT2D eigenvalue weighted by atomic mass is 10.1. The zero-order valence-corrected chi connectivity index (χ0v) is 20.5. The number of ether oxygens (including phenoxy) is 1. The Kier molecular flexibility index (Phi) is 13.1. The molecule has 8 nitrogen and oxygen atoms in total. The van der Waals surface area contributed by atoms with Crippen LogP contribution in [0.1, 0.15) is 55.8 Å². The molecule has 0 bridgehead atoms. The number of rotatable bonds is 18. The first-order valence-electron chi connectivity index (χ1n) is 11.9. The maximum Gasteiger partial charge on any atom is 0.240 e. The summed E-state index contributed by atoms with van der Waals surface area (Å²) in [4.78, 5) is 0.284. The standard InChI is InChI=1S/C25H38N2O6S/c28-20-22-18-21(12-13-24(22)29)25(30)19-26-14-6-1-2-8-16-33-17-9-7-15-27-34(31,32)23-10-4-3-5-11-23/h3-5,10-13,18,25-30H,1-2,6-9,14-17,19-20H2/t25-/m0/s1. The number of benzene rings is 2. The minimum absolute atomic E-state index is 0.0293. The van der Waals surface area contributed by atoms with E-state index in [0.717, 1.165) is 45.1 Å². The molecule has 0 radical (unpaired) electrons. The van der Waals surface area contributed by atoms with Crippen LogP contribution in [0, 0.1) is 0 Å². The van der Waals surface area contributed by atoms with Crippen molar-refractivity contribution in [2.24, 2.45) is 0 Å². The summed E-state index contributed by atoms with van der Waals surface area (Å²) in [5, 5.41) is 32.2. The van der Waals surface area contributed by atoms with Crippen LogP contribution in [0.5, 0.6) is 5.75 Å². The fourth-order valence-electron chi connectivity index (χ4n) is 3.42.